The molecule has 1 heterocycles. The minimum absolute atomic E-state index is 0.165. The van der Waals surface area contributed by atoms with E-state index in [0.717, 1.165) is 25.7 Å². The molecule has 0 bridgehead atoms. The van der Waals surface area contributed by atoms with Gasteiger partial charge in [0.1, 0.15) is 18.3 Å². The molecule has 0 saturated carbocycles. The molecule has 0 spiro atoms. The molecular weight excluding hydrogens is 346 g/mol. The Morgan fingerprint density at radius 3 is 2.52 bits per heavy atom. The second-order valence-electron chi connectivity index (χ2n) is 7.05. The number of nitrogens with two attached hydrogens (primary N) is 1. The van der Waals surface area contributed by atoms with E-state index in [9.17, 15) is 4.79 Å². The van der Waals surface area contributed by atoms with Crippen LogP contribution in [0.3, 0.4) is 0 Å². The minimum Gasteiger partial charge on any atom is -0.455 e. The summed E-state index contributed by atoms with van der Waals surface area (Å²) >= 11 is 0. The maximum absolute atomic E-state index is 11.8. The molecule has 1 aliphatic heterocycles. The lowest BCUT2D eigenvalue weighted by molar-refractivity contribution is -0.214. The molecule has 0 aromatic rings. The number of ether oxygens (including phenoxy) is 4. The predicted molar refractivity (Wildman–Crippen MR) is 107 cm³/mol. The first-order valence-electron chi connectivity index (χ1n) is 10.5. The first-order valence-corrected chi connectivity index (χ1v) is 10.5. The van der Waals surface area contributed by atoms with Crippen LogP contribution < -0.4 is 5.73 Å². The summed E-state index contributed by atoms with van der Waals surface area (Å²) in [4.78, 5) is 11.8. The van der Waals surface area contributed by atoms with Crippen molar-refractivity contribution in [2.45, 2.75) is 89.6 Å². The van der Waals surface area contributed by atoms with Crippen LogP contribution >= 0.6 is 0 Å². The standard InChI is InChI=1S/C21H39NO5/c1-4-6-8-9-10-11-12-13-17-21(27-19(23)15-22)20(24-3)18(16-26-17)25-14-7-5-2/h12-13,17-18,20-21H,4-11,14-16,22H2,1-3H3/b13-12+/t17-,18+,20-,21+/m0/s1. The van der Waals surface area contributed by atoms with E-state index in [-0.39, 0.29) is 24.9 Å². The summed E-state index contributed by atoms with van der Waals surface area (Å²) in [5.41, 5.74) is 5.43. The third-order valence-electron chi connectivity index (χ3n) is 4.80. The van der Waals surface area contributed by atoms with E-state index >= 15 is 0 Å². The number of hydrogen-bond acceptors (Lipinski definition) is 6. The van der Waals surface area contributed by atoms with Gasteiger partial charge in [-0.15, -0.1) is 0 Å². The normalized spacial score (nSPS) is 25.8. The Hall–Kier alpha value is -0.950. The maximum Gasteiger partial charge on any atom is 0.320 e. The van der Waals surface area contributed by atoms with E-state index in [1.807, 2.05) is 6.08 Å². The van der Waals surface area contributed by atoms with E-state index in [0.29, 0.717) is 13.2 Å². The number of unbranched alkanes of at least 4 members (excludes halogenated alkanes) is 6. The fraction of sp³-hybridized carbons (Fsp3) is 0.857. The molecule has 0 aromatic carbocycles. The number of allylic oxidation sites excluding steroid dienone is 1. The molecule has 1 aliphatic rings. The lowest BCUT2D eigenvalue weighted by Gasteiger charge is -2.40. The summed E-state index contributed by atoms with van der Waals surface area (Å²) in [5.74, 6) is -0.460. The van der Waals surface area contributed by atoms with Gasteiger partial charge in [-0.3, -0.25) is 4.79 Å². The summed E-state index contributed by atoms with van der Waals surface area (Å²) in [5, 5.41) is 0. The number of carbonyl (C=O) groups is 1. The van der Waals surface area contributed by atoms with Crippen LogP contribution in [-0.2, 0) is 23.7 Å². The van der Waals surface area contributed by atoms with E-state index in [4.69, 9.17) is 24.7 Å². The highest BCUT2D eigenvalue weighted by molar-refractivity contribution is 5.71. The maximum atomic E-state index is 11.8. The van der Waals surface area contributed by atoms with Crippen molar-refractivity contribution in [1.82, 2.24) is 0 Å². The van der Waals surface area contributed by atoms with Crippen LogP contribution in [0.4, 0.5) is 0 Å². The zero-order valence-electron chi connectivity index (χ0n) is 17.4. The first kappa shape index (κ1) is 24.1. The van der Waals surface area contributed by atoms with Gasteiger partial charge in [0.15, 0.2) is 6.10 Å². The molecule has 0 aromatic heterocycles. The molecule has 1 saturated heterocycles. The van der Waals surface area contributed by atoms with Crippen molar-refractivity contribution in [3.63, 3.8) is 0 Å². The molecule has 27 heavy (non-hydrogen) atoms. The molecule has 1 fully saturated rings. The van der Waals surface area contributed by atoms with Crippen LogP contribution in [0.1, 0.15) is 65.2 Å². The Labute approximate surface area is 164 Å². The molecule has 0 radical (unpaired) electrons. The predicted octanol–water partition coefficient (Wildman–Crippen LogP) is 3.37. The van der Waals surface area contributed by atoms with Crippen molar-refractivity contribution < 1.29 is 23.7 Å². The zero-order valence-corrected chi connectivity index (χ0v) is 17.4. The van der Waals surface area contributed by atoms with Crippen molar-refractivity contribution >= 4 is 5.97 Å². The van der Waals surface area contributed by atoms with Crippen molar-refractivity contribution in [3.8, 4) is 0 Å². The lowest BCUT2D eigenvalue weighted by atomic mass is 9.98. The smallest absolute Gasteiger partial charge is 0.320 e. The highest BCUT2D eigenvalue weighted by Gasteiger charge is 2.42. The lowest BCUT2D eigenvalue weighted by Crippen LogP contribution is -2.56. The highest BCUT2D eigenvalue weighted by atomic mass is 16.6. The van der Waals surface area contributed by atoms with E-state index < -0.39 is 12.1 Å². The Morgan fingerprint density at radius 1 is 1.11 bits per heavy atom. The molecular formula is C21H39NO5. The Bertz CT molecular complexity index is 415. The average Bonchev–Trinajstić information content (AvgIpc) is 2.68. The second-order valence-corrected chi connectivity index (χ2v) is 7.05. The van der Waals surface area contributed by atoms with E-state index in [2.05, 4.69) is 19.9 Å². The van der Waals surface area contributed by atoms with Crippen molar-refractivity contribution in [2.24, 2.45) is 5.73 Å². The van der Waals surface area contributed by atoms with E-state index in [1.165, 1.54) is 25.7 Å². The SMILES string of the molecule is CCCCCCC/C=C/[C@@H]1OC[C@@H](OCCCC)[C@H](OC)[C@@H]1OC(=O)CN. The topological polar surface area (TPSA) is 80.0 Å². The van der Waals surface area contributed by atoms with Crippen molar-refractivity contribution in [2.75, 3.05) is 26.9 Å². The van der Waals surface area contributed by atoms with Gasteiger partial charge in [-0.1, -0.05) is 58.1 Å². The highest BCUT2D eigenvalue weighted by Crippen LogP contribution is 2.25. The summed E-state index contributed by atoms with van der Waals surface area (Å²) in [6.07, 6.45) is 11.8. The molecule has 4 atom stereocenters. The van der Waals surface area contributed by atoms with Gasteiger partial charge in [0.25, 0.3) is 0 Å². The number of hydrogen-bond donors (Lipinski definition) is 1. The van der Waals surface area contributed by atoms with Gasteiger partial charge in [-0.2, -0.15) is 0 Å². The quantitative estimate of drug-likeness (QED) is 0.280. The molecule has 2 N–H and O–H groups in total. The van der Waals surface area contributed by atoms with Crippen LogP contribution in [0, 0.1) is 0 Å². The molecule has 0 aliphatic carbocycles. The van der Waals surface area contributed by atoms with Crippen LogP contribution in [0.2, 0.25) is 0 Å². The summed E-state index contributed by atoms with van der Waals surface area (Å²) in [6.45, 7) is 5.23. The summed E-state index contributed by atoms with van der Waals surface area (Å²) in [6, 6.07) is 0. The van der Waals surface area contributed by atoms with Crippen molar-refractivity contribution in [3.05, 3.63) is 12.2 Å². The molecule has 6 nitrogen and oxygen atoms in total. The van der Waals surface area contributed by atoms with Crippen LogP contribution in [0.15, 0.2) is 12.2 Å². The third kappa shape index (κ3) is 9.19. The summed E-state index contributed by atoms with van der Waals surface area (Å²) in [7, 11) is 1.62. The molecule has 6 heteroatoms. The molecule has 158 valence electrons. The monoisotopic (exact) mass is 385 g/mol. The fourth-order valence-corrected chi connectivity index (χ4v) is 3.20. The Balaban J connectivity index is 2.64. The van der Waals surface area contributed by atoms with Gasteiger partial charge in [0.2, 0.25) is 0 Å². The van der Waals surface area contributed by atoms with Gasteiger partial charge in [-0.05, 0) is 19.3 Å². The number of carbonyl (C=O) groups excluding carboxylic acids is 1. The van der Waals surface area contributed by atoms with E-state index in [1.54, 1.807) is 7.11 Å². The van der Waals surface area contributed by atoms with Crippen LogP contribution in [0.25, 0.3) is 0 Å². The van der Waals surface area contributed by atoms with Gasteiger partial charge < -0.3 is 24.7 Å². The van der Waals surface area contributed by atoms with Gasteiger partial charge in [-0.25, -0.2) is 0 Å². The van der Waals surface area contributed by atoms with Crippen LogP contribution in [0.5, 0.6) is 0 Å². The Kier molecular flexibility index (Phi) is 13.4. The molecule has 1 rings (SSSR count). The number of esters is 1. The van der Waals surface area contributed by atoms with Gasteiger partial charge in [0.05, 0.1) is 13.2 Å². The molecule has 0 amide bonds. The Morgan fingerprint density at radius 2 is 1.85 bits per heavy atom. The van der Waals surface area contributed by atoms with Gasteiger partial charge >= 0.3 is 5.97 Å². The van der Waals surface area contributed by atoms with Gasteiger partial charge in [0, 0.05) is 13.7 Å². The van der Waals surface area contributed by atoms with Crippen LogP contribution in [-0.4, -0.2) is 57.3 Å². The fourth-order valence-electron chi connectivity index (χ4n) is 3.20. The molecule has 0 unspecified atom stereocenters. The van der Waals surface area contributed by atoms with Crippen molar-refractivity contribution in [1.29, 1.82) is 0 Å². The average molecular weight is 386 g/mol. The zero-order chi connectivity index (χ0) is 19.9. The number of methoxy groups -OCH3 is 1. The summed E-state index contributed by atoms with van der Waals surface area (Å²) < 4.78 is 23.0. The third-order valence-corrected chi connectivity index (χ3v) is 4.80. The first-order chi connectivity index (χ1) is 13.2. The number of rotatable bonds is 14. The second kappa shape index (κ2) is 15.0. The minimum atomic E-state index is -0.553. The largest absolute Gasteiger partial charge is 0.455 e.